The van der Waals surface area contributed by atoms with E-state index in [4.69, 9.17) is 15.9 Å². The molecule has 0 bridgehead atoms. The highest BCUT2D eigenvalue weighted by Gasteiger charge is 2.23. The Labute approximate surface area is 250 Å². The molecule has 0 N–H and O–H groups in total. The number of hydrogen-bond acceptors (Lipinski definition) is 6. The molecule has 3 aromatic heterocycles. The van der Waals surface area contributed by atoms with Crippen molar-refractivity contribution in [2.75, 3.05) is 19.7 Å². The van der Waals surface area contributed by atoms with Gasteiger partial charge in [-0.3, -0.25) is 9.58 Å². The largest absolute Gasteiger partial charge is 0.477 e. The number of aromatic nitrogens is 6. The van der Waals surface area contributed by atoms with Gasteiger partial charge in [0.15, 0.2) is 0 Å². The summed E-state index contributed by atoms with van der Waals surface area (Å²) in [7, 11) is 3.72. The smallest absolute Gasteiger partial charge is 0.236 e. The van der Waals surface area contributed by atoms with Gasteiger partial charge >= 0.3 is 0 Å². The summed E-state index contributed by atoms with van der Waals surface area (Å²) in [5.74, 6) is 3.40. The van der Waals surface area contributed by atoms with Gasteiger partial charge in [-0.05, 0) is 61.3 Å². The Kier molecular flexibility index (Phi) is 11.4. The molecule has 9 nitrogen and oxygen atoms in total. The van der Waals surface area contributed by atoms with Crippen LogP contribution in [0.3, 0.4) is 0 Å². The van der Waals surface area contributed by atoms with Gasteiger partial charge in [-0.2, -0.15) is 10.2 Å². The third-order valence-electron chi connectivity index (χ3n) is 6.47. The summed E-state index contributed by atoms with van der Waals surface area (Å²) in [6.07, 6.45) is 7.42. The minimum Gasteiger partial charge on any atom is -0.477 e. The molecule has 0 aliphatic rings. The molecule has 0 saturated heterocycles. The molecule has 0 aliphatic carbocycles. The molecule has 3 heterocycles. The van der Waals surface area contributed by atoms with Crippen LogP contribution in [0.15, 0.2) is 18.3 Å². The molecule has 0 aliphatic heterocycles. The van der Waals surface area contributed by atoms with E-state index >= 15 is 4.39 Å². The Hall–Kier alpha value is -2.68. The minimum atomic E-state index is -0.380. The van der Waals surface area contributed by atoms with Gasteiger partial charge in [-0.25, -0.2) is 13.5 Å². The van der Waals surface area contributed by atoms with E-state index in [0.717, 1.165) is 23.2 Å². The molecule has 0 saturated carbocycles. The first-order valence-electron chi connectivity index (χ1n) is 13.3. The third kappa shape index (κ3) is 6.61. The fourth-order valence-electron chi connectivity index (χ4n) is 4.50. The lowest BCUT2D eigenvalue weighted by molar-refractivity contribution is 0.134. The first kappa shape index (κ1) is 31.8. The zero-order valence-corrected chi connectivity index (χ0v) is 27.6. The number of rotatable bonds is 11. The molecule has 2 unspecified atom stereocenters. The van der Waals surface area contributed by atoms with E-state index in [1.165, 1.54) is 6.07 Å². The fraction of sp³-hybridized carbons (Fsp3) is 0.464. The van der Waals surface area contributed by atoms with E-state index < -0.39 is 0 Å². The monoisotopic (exact) mass is 681 g/mol. The highest BCUT2D eigenvalue weighted by atomic mass is 127. The minimum absolute atomic E-state index is 0.194. The summed E-state index contributed by atoms with van der Waals surface area (Å²) in [5.41, 5.74) is 4.24. The molecule has 216 valence electrons. The van der Waals surface area contributed by atoms with E-state index in [1.807, 2.05) is 46.3 Å². The van der Waals surface area contributed by atoms with Crippen LogP contribution in [-0.2, 0) is 20.6 Å². The Morgan fingerprint density at radius 1 is 1.18 bits per heavy atom. The van der Waals surface area contributed by atoms with Crippen LogP contribution in [0.25, 0.3) is 22.0 Å². The summed E-state index contributed by atoms with van der Waals surface area (Å²) in [5, 5.41) is 14.0. The quantitative estimate of drug-likeness (QED) is 0.108. The van der Waals surface area contributed by atoms with E-state index in [0.29, 0.717) is 60.2 Å². The highest BCUT2D eigenvalue weighted by molar-refractivity contribution is 14.2. The van der Waals surface area contributed by atoms with E-state index in [2.05, 4.69) is 55.1 Å². The van der Waals surface area contributed by atoms with Gasteiger partial charge in [0.2, 0.25) is 11.8 Å². The number of nitrogens with zero attached hydrogens (tertiary/aromatic N) is 7. The van der Waals surface area contributed by atoms with Crippen LogP contribution in [0.2, 0.25) is 0 Å². The maximum atomic E-state index is 15.4. The van der Waals surface area contributed by atoms with Crippen molar-refractivity contribution in [1.29, 1.82) is 0 Å². The van der Waals surface area contributed by atoms with Crippen molar-refractivity contribution in [3.63, 3.8) is 0 Å². The normalized spacial score (nSPS) is 12.2. The molecule has 12 heteroatoms. The molecule has 4 aromatic rings. The Bertz CT molecular complexity index is 1490. The first-order valence-corrected chi connectivity index (χ1v) is 17.4. The summed E-state index contributed by atoms with van der Waals surface area (Å²) in [4.78, 5) is 2.28. The molecular weight excluding hydrogens is 643 g/mol. The Morgan fingerprint density at radius 2 is 1.90 bits per heavy atom. The second-order valence-corrected chi connectivity index (χ2v) is 11.1. The number of fused-ring (bicyclic) bond motifs is 1. The molecule has 2 atom stereocenters. The Morgan fingerprint density at radius 3 is 2.52 bits per heavy atom. The number of likely N-dealkylation sites (N-methyl/N-ethyl adjacent to an activating group) is 1. The van der Waals surface area contributed by atoms with E-state index in [1.54, 1.807) is 28.4 Å². The number of benzene rings is 1. The van der Waals surface area contributed by atoms with Gasteiger partial charge in [0, 0.05) is 49.8 Å². The van der Waals surface area contributed by atoms with Crippen LogP contribution in [0.4, 0.5) is 4.39 Å². The number of aryl methyl sites for hydroxylation is 2. The molecule has 40 heavy (non-hydrogen) atoms. The molecule has 0 spiro atoms. The van der Waals surface area contributed by atoms with Gasteiger partial charge < -0.3 is 9.47 Å². The number of halogens is 2. The highest BCUT2D eigenvalue weighted by Crippen LogP contribution is 2.37. The number of terminal acetylenes is 1. The fourth-order valence-corrected chi connectivity index (χ4v) is 6.02. The lowest BCUT2D eigenvalue weighted by Gasteiger charge is -2.25. The van der Waals surface area contributed by atoms with E-state index in [-0.39, 0.29) is 11.9 Å². The van der Waals surface area contributed by atoms with Crippen LogP contribution in [0.5, 0.6) is 11.8 Å². The lowest BCUT2D eigenvalue weighted by atomic mass is 10.0. The van der Waals surface area contributed by atoms with Gasteiger partial charge in [0.1, 0.15) is 17.6 Å². The maximum Gasteiger partial charge on any atom is 0.236 e. The van der Waals surface area contributed by atoms with Crippen molar-refractivity contribution in [3.8, 4) is 35.2 Å². The number of ether oxygens (including phenoxy) is 2. The lowest BCUT2D eigenvalue weighted by Crippen LogP contribution is -2.34. The SMILES string of the molecule is C#Cc1nn(PI)c2cc(F)c(-c3cnn(C)c3OC(C)CN(CC)Cc3c(C)c(OCC)nn3C)cc12.CC. The zero-order chi connectivity index (χ0) is 29.6. The first-order chi connectivity index (χ1) is 19.2. The van der Waals surface area contributed by atoms with Crippen LogP contribution in [-0.4, -0.2) is 59.8 Å². The van der Waals surface area contributed by atoms with Crippen molar-refractivity contribution in [3.05, 3.63) is 41.1 Å². The van der Waals surface area contributed by atoms with Gasteiger partial charge in [-0.1, -0.05) is 20.8 Å². The summed E-state index contributed by atoms with van der Waals surface area (Å²) in [6.45, 7) is 14.9. The molecular formula is C28H38FIN7O2P. The predicted octanol–water partition coefficient (Wildman–Crippen LogP) is 6.11. The summed E-state index contributed by atoms with van der Waals surface area (Å²) >= 11 is 2.20. The maximum absolute atomic E-state index is 15.4. The summed E-state index contributed by atoms with van der Waals surface area (Å²) in [6, 6.07) is 3.23. The van der Waals surface area contributed by atoms with Crippen molar-refractivity contribution < 1.29 is 13.9 Å². The standard InChI is InChI=1S/C26H32FIN7O2P.C2H6/c1-8-22-19-11-18(21(27)12-23(19)35(30-22)38-28)20-13-29-33(7)26(20)37-16(4)14-34(9-2)15-24-17(5)25(36-10-3)31-32(24)6;1-2/h1,11-13,16,38H,9-10,14-15H2,2-7H3;1-2H3. The predicted molar refractivity (Wildman–Crippen MR) is 169 cm³/mol. The molecule has 4 rings (SSSR count). The molecule has 0 amide bonds. The van der Waals surface area contributed by atoms with Crippen LogP contribution >= 0.6 is 28.4 Å². The van der Waals surface area contributed by atoms with Crippen molar-refractivity contribution in [2.45, 2.75) is 54.2 Å². The summed E-state index contributed by atoms with van der Waals surface area (Å²) < 4.78 is 32.7. The van der Waals surface area contributed by atoms with Crippen molar-refractivity contribution in [2.24, 2.45) is 14.1 Å². The average molecular weight is 682 g/mol. The third-order valence-corrected chi connectivity index (χ3v) is 8.35. The van der Waals surface area contributed by atoms with Crippen LogP contribution in [0, 0.1) is 25.1 Å². The van der Waals surface area contributed by atoms with Crippen LogP contribution in [0.1, 0.15) is 51.6 Å². The van der Waals surface area contributed by atoms with E-state index in [9.17, 15) is 0 Å². The molecule has 0 radical (unpaired) electrons. The second kappa shape index (κ2) is 14.3. The molecule has 0 fully saturated rings. The van der Waals surface area contributed by atoms with Crippen LogP contribution < -0.4 is 9.47 Å². The van der Waals surface area contributed by atoms with Gasteiger partial charge in [0.25, 0.3) is 0 Å². The molecule has 1 aromatic carbocycles. The second-order valence-electron chi connectivity index (χ2n) is 9.02. The van der Waals surface area contributed by atoms with Crippen molar-refractivity contribution >= 4 is 39.3 Å². The van der Waals surface area contributed by atoms with Gasteiger partial charge in [0.05, 0.1) is 36.0 Å². The number of hydrogen-bond donors (Lipinski definition) is 0. The van der Waals surface area contributed by atoms with Gasteiger partial charge in [-0.15, -0.1) is 11.5 Å². The average Bonchev–Trinajstić information content (AvgIpc) is 3.57. The zero-order valence-electron chi connectivity index (χ0n) is 24.4. The topological polar surface area (TPSA) is 75.2 Å². The Balaban J connectivity index is 0.00000216. The van der Waals surface area contributed by atoms with Crippen molar-refractivity contribution in [1.82, 2.24) is 34.0 Å².